The van der Waals surface area contributed by atoms with Crippen molar-refractivity contribution < 1.29 is 0 Å². The summed E-state index contributed by atoms with van der Waals surface area (Å²) in [5.74, 6) is 0. The quantitative estimate of drug-likeness (QED) is 0.390. The molecule has 0 aromatic heterocycles. The van der Waals surface area contributed by atoms with Crippen molar-refractivity contribution in [2.24, 2.45) is 5.10 Å². The van der Waals surface area contributed by atoms with E-state index in [0.29, 0.717) is 0 Å². The van der Waals surface area contributed by atoms with Crippen LogP contribution in [0.3, 0.4) is 0 Å². The maximum Gasteiger partial charge on any atom is 0.0299 e. The lowest BCUT2D eigenvalue weighted by Crippen LogP contribution is -2.05. The summed E-state index contributed by atoms with van der Waals surface area (Å²) in [5, 5.41) is 5.66. The smallest absolute Gasteiger partial charge is 0.0299 e. The van der Waals surface area contributed by atoms with Gasteiger partial charge in [0.15, 0.2) is 0 Å². The van der Waals surface area contributed by atoms with E-state index in [4.69, 9.17) is 0 Å². The molecule has 0 aromatic carbocycles. The Morgan fingerprint density at radius 1 is 1.75 bits per heavy atom. The first-order chi connectivity index (χ1) is 3.68. The van der Waals surface area contributed by atoms with Crippen molar-refractivity contribution in [2.75, 3.05) is 7.05 Å². The van der Waals surface area contributed by atoms with E-state index in [0.717, 1.165) is 5.70 Å². The highest BCUT2D eigenvalue weighted by atomic mass is 15.4. The van der Waals surface area contributed by atoms with Crippen LogP contribution in [0.2, 0.25) is 0 Å². The average Bonchev–Trinajstić information content (AvgIpc) is 1.67. The molecule has 0 atom stereocenters. The first-order valence-electron chi connectivity index (χ1n) is 2.56. The van der Waals surface area contributed by atoms with Gasteiger partial charge in [0.05, 0.1) is 0 Å². The van der Waals surface area contributed by atoms with Crippen LogP contribution in [-0.2, 0) is 0 Å². The lowest BCUT2D eigenvalue weighted by Gasteiger charge is -2.09. The number of hydrogen-bond donors (Lipinski definition) is 0. The minimum atomic E-state index is 0.947. The van der Waals surface area contributed by atoms with Crippen molar-refractivity contribution in [3.8, 4) is 0 Å². The summed E-state index contributed by atoms with van der Waals surface area (Å²) in [6.45, 7) is 7.47. The predicted octanol–water partition coefficient (Wildman–Crippen LogP) is 1.46. The summed E-state index contributed by atoms with van der Waals surface area (Å²) in [5.41, 5.74) is 0.947. The molecule has 0 spiro atoms. The Kier molecular flexibility index (Phi) is 2.92. The first-order valence-corrected chi connectivity index (χ1v) is 2.56. The Morgan fingerprint density at radius 2 is 2.25 bits per heavy atom. The number of hydrogen-bond acceptors (Lipinski definition) is 2. The zero-order valence-corrected chi connectivity index (χ0v) is 5.68. The van der Waals surface area contributed by atoms with Crippen LogP contribution in [0.1, 0.15) is 13.8 Å². The third kappa shape index (κ3) is 2.39. The number of allylic oxidation sites excluding steroid dienone is 1. The van der Waals surface area contributed by atoms with E-state index in [-0.39, 0.29) is 0 Å². The summed E-state index contributed by atoms with van der Waals surface area (Å²) in [6, 6.07) is 0. The fraction of sp³-hybridized carbons (Fsp3) is 0.500. The molecule has 0 heterocycles. The molecule has 0 N–H and O–H groups in total. The molecule has 2 heteroatoms. The molecule has 2 nitrogen and oxygen atoms in total. The summed E-state index contributed by atoms with van der Waals surface area (Å²) < 4.78 is 0. The third-order valence-electron chi connectivity index (χ3n) is 0.841. The maximum atomic E-state index is 3.93. The Morgan fingerprint density at radius 3 is 2.38 bits per heavy atom. The minimum Gasteiger partial charge on any atom is -0.274 e. The lowest BCUT2D eigenvalue weighted by atomic mass is 10.6. The van der Waals surface area contributed by atoms with Gasteiger partial charge in [-0.05, 0) is 13.8 Å². The van der Waals surface area contributed by atoms with Crippen molar-refractivity contribution >= 4 is 6.21 Å². The van der Waals surface area contributed by atoms with Gasteiger partial charge in [0.25, 0.3) is 0 Å². The second kappa shape index (κ2) is 3.24. The Hall–Kier alpha value is -0.790. The van der Waals surface area contributed by atoms with Crippen LogP contribution in [0.5, 0.6) is 0 Å². The monoisotopic (exact) mass is 112 g/mol. The van der Waals surface area contributed by atoms with Gasteiger partial charge < -0.3 is 0 Å². The molecule has 0 aliphatic rings. The first kappa shape index (κ1) is 7.21. The fourth-order valence-electron chi connectivity index (χ4n) is 0.272. The number of hydrazone groups is 1. The SMILES string of the molecule is C=C(C)N(C)/N=C\C. The van der Waals surface area contributed by atoms with E-state index >= 15 is 0 Å². The second-order valence-corrected chi connectivity index (χ2v) is 1.63. The highest BCUT2D eigenvalue weighted by molar-refractivity contribution is 5.52. The van der Waals surface area contributed by atoms with Gasteiger partial charge in [-0.15, -0.1) is 0 Å². The van der Waals surface area contributed by atoms with Crippen LogP contribution in [0.15, 0.2) is 17.4 Å². The molecule has 0 radical (unpaired) electrons. The van der Waals surface area contributed by atoms with Crippen LogP contribution in [0.25, 0.3) is 0 Å². The van der Waals surface area contributed by atoms with Crippen molar-refractivity contribution in [3.63, 3.8) is 0 Å². The van der Waals surface area contributed by atoms with Gasteiger partial charge in [-0.25, -0.2) is 0 Å². The summed E-state index contributed by atoms with van der Waals surface area (Å²) in [7, 11) is 1.86. The molecular weight excluding hydrogens is 100 g/mol. The molecule has 0 unspecified atom stereocenters. The van der Waals surface area contributed by atoms with Gasteiger partial charge in [-0.2, -0.15) is 5.10 Å². The van der Waals surface area contributed by atoms with E-state index in [1.807, 2.05) is 20.9 Å². The van der Waals surface area contributed by atoms with E-state index < -0.39 is 0 Å². The fourth-order valence-corrected chi connectivity index (χ4v) is 0.272. The van der Waals surface area contributed by atoms with Crippen LogP contribution < -0.4 is 0 Å². The van der Waals surface area contributed by atoms with E-state index in [2.05, 4.69) is 11.7 Å². The predicted molar refractivity (Wildman–Crippen MR) is 36.7 cm³/mol. The molecule has 0 saturated carbocycles. The van der Waals surface area contributed by atoms with Crippen molar-refractivity contribution in [2.45, 2.75) is 13.8 Å². The third-order valence-corrected chi connectivity index (χ3v) is 0.841. The maximum absolute atomic E-state index is 3.93. The molecule has 0 aromatic rings. The summed E-state index contributed by atoms with van der Waals surface area (Å²) in [6.07, 6.45) is 1.73. The van der Waals surface area contributed by atoms with Gasteiger partial charge >= 0.3 is 0 Å². The van der Waals surface area contributed by atoms with Crippen molar-refractivity contribution in [1.29, 1.82) is 0 Å². The van der Waals surface area contributed by atoms with Gasteiger partial charge in [0, 0.05) is 19.0 Å². The zero-order valence-electron chi connectivity index (χ0n) is 5.68. The molecular formula is C6H12N2. The van der Waals surface area contributed by atoms with E-state index in [9.17, 15) is 0 Å². The molecule has 46 valence electrons. The molecule has 0 amide bonds. The second-order valence-electron chi connectivity index (χ2n) is 1.63. The molecule has 0 fully saturated rings. The molecule has 0 bridgehead atoms. The lowest BCUT2D eigenvalue weighted by molar-refractivity contribution is 0.452. The Bertz CT molecular complexity index is 105. The highest BCUT2D eigenvalue weighted by Gasteiger charge is 1.85. The van der Waals surface area contributed by atoms with Crippen molar-refractivity contribution in [1.82, 2.24) is 5.01 Å². The van der Waals surface area contributed by atoms with Crippen LogP contribution >= 0.6 is 0 Å². The highest BCUT2D eigenvalue weighted by Crippen LogP contribution is 1.93. The molecule has 0 aliphatic heterocycles. The van der Waals surface area contributed by atoms with Crippen LogP contribution in [0, 0.1) is 0 Å². The van der Waals surface area contributed by atoms with E-state index in [1.165, 1.54) is 0 Å². The van der Waals surface area contributed by atoms with Gasteiger partial charge in [0.2, 0.25) is 0 Å². The summed E-state index contributed by atoms with van der Waals surface area (Å²) >= 11 is 0. The molecule has 0 aliphatic carbocycles. The summed E-state index contributed by atoms with van der Waals surface area (Å²) in [4.78, 5) is 0. The number of rotatable bonds is 2. The van der Waals surface area contributed by atoms with Gasteiger partial charge in [-0.3, -0.25) is 5.01 Å². The minimum absolute atomic E-state index is 0.947. The van der Waals surface area contributed by atoms with Crippen molar-refractivity contribution in [3.05, 3.63) is 12.3 Å². The molecule has 0 rings (SSSR count). The average molecular weight is 112 g/mol. The van der Waals surface area contributed by atoms with Gasteiger partial charge in [0.1, 0.15) is 0 Å². The topological polar surface area (TPSA) is 15.6 Å². The normalized spacial score (nSPS) is 9.88. The Balaban J connectivity index is 3.64. The zero-order chi connectivity index (χ0) is 6.57. The Labute approximate surface area is 50.5 Å². The molecule has 8 heavy (non-hydrogen) atoms. The van der Waals surface area contributed by atoms with E-state index in [1.54, 1.807) is 11.2 Å². The van der Waals surface area contributed by atoms with Crippen LogP contribution in [-0.4, -0.2) is 18.3 Å². The van der Waals surface area contributed by atoms with Gasteiger partial charge in [-0.1, -0.05) is 6.58 Å². The number of nitrogens with zero attached hydrogens (tertiary/aromatic N) is 2. The van der Waals surface area contributed by atoms with Crippen LogP contribution in [0.4, 0.5) is 0 Å². The molecule has 0 saturated heterocycles. The standard InChI is InChI=1S/C6H12N2/c1-5-7-8(4)6(2)3/h5H,2H2,1,3-4H3/b7-5-. The largest absolute Gasteiger partial charge is 0.274 e.